The number of amides is 1. The predicted octanol–water partition coefficient (Wildman–Crippen LogP) is 3.88. The Balaban J connectivity index is 1.53. The fourth-order valence-electron chi connectivity index (χ4n) is 3.12. The van der Waals surface area contributed by atoms with E-state index in [1.54, 1.807) is 16.7 Å². The van der Waals surface area contributed by atoms with Crippen LogP contribution in [-0.4, -0.2) is 47.1 Å². The third kappa shape index (κ3) is 3.80. The lowest BCUT2D eigenvalue weighted by Crippen LogP contribution is -2.49. The minimum absolute atomic E-state index is 0.0414. The van der Waals surface area contributed by atoms with E-state index in [4.69, 9.17) is 14.2 Å². The Labute approximate surface area is 168 Å². The number of ether oxygens (including phenoxy) is 3. The molecule has 2 aromatic rings. The number of rotatable bonds is 4. The molecule has 4 rings (SSSR count). The molecular formula is C21H22N2O4S. The molecule has 146 valence electrons. The van der Waals surface area contributed by atoms with Crippen LogP contribution in [0, 0.1) is 0 Å². The van der Waals surface area contributed by atoms with Crippen LogP contribution in [0.2, 0.25) is 0 Å². The minimum atomic E-state index is -0.679. The van der Waals surface area contributed by atoms with E-state index >= 15 is 0 Å². The quantitative estimate of drug-likeness (QED) is 0.782. The molecule has 0 aromatic heterocycles. The largest absolute Gasteiger partial charge is 0.494 e. The van der Waals surface area contributed by atoms with Crippen molar-refractivity contribution in [2.45, 2.75) is 26.0 Å². The Kier molecular flexibility index (Phi) is 5.43. The first-order chi connectivity index (χ1) is 13.7. The van der Waals surface area contributed by atoms with E-state index in [-0.39, 0.29) is 18.6 Å². The first kappa shape index (κ1) is 18.7. The van der Waals surface area contributed by atoms with Crippen LogP contribution in [0.15, 0.2) is 53.5 Å². The number of carbonyl (C=O) groups is 1. The molecule has 1 saturated heterocycles. The summed E-state index contributed by atoms with van der Waals surface area (Å²) in [5.74, 6) is 2.73. The van der Waals surface area contributed by atoms with Gasteiger partial charge in [-0.1, -0.05) is 23.9 Å². The smallest absolute Gasteiger partial charge is 0.273 e. The average Bonchev–Trinajstić information content (AvgIpc) is 3.08. The van der Waals surface area contributed by atoms with E-state index in [1.165, 1.54) is 0 Å². The van der Waals surface area contributed by atoms with Crippen LogP contribution in [0.25, 0.3) is 0 Å². The van der Waals surface area contributed by atoms with E-state index in [0.717, 1.165) is 17.2 Å². The van der Waals surface area contributed by atoms with Crippen LogP contribution in [0.1, 0.15) is 13.8 Å². The minimum Gasteiger partial charge on any atom is -0.494 e. The van der Waals surface area contributed by atoms with Crippen molar-refractivity contribution < 1.29 is 19.0 Å². The third-order valence-corrected chi connectivity index (χ3v) is 5.69. The lowest BCUT2D eigenvalue weighted by atomic mass is 10.2. The number of amidine groups is 1. The number of nitrogens with zero attached hydrogens (tertiary/aromatic N) is 2. The number of benzene rings is 2. The summed E-state index contributed by atoms with van der Waals surface area (Å²) in [6.45, 7) is 4.78. The summed E-state index contributed by atoms with van der Waals surface area (Å²) in [7, 11) is 0. The van der Waals surface area contributed by atoms with Crippen molar-refractivity contribution in [2.24, 2.45) is 4.99 Å². The van der Waals surface area contributed by atoms with Crippen molar-refractivity contribution in [1.82, 2.24) is 4.90 Å². The van der Waals surface area contributed by atoms with Crippen molar-refractivity contribution in [3.8, 4) is 17.2 Å². The molecule has 2 aliphatic rings. The van der Waals surface area contributed by atoms with Gasteiger partial charge < -0.3 is 14.2 Å². The molecule has 2 aromatic carbocycles. The van der Waals surface area contributed by atoms with E-state index < -0.39 is 6.10 Å². The van der Waals surface area contributed by atoms with Crippen LogP contribution in [0.4, 0.5) is 5.69 Å². The van der Waals surface area contributed by atoms with Gasteiger partial charge in [-0.05, 0) is 50.2 Å². The van der Waals surface area contributed by atoms with Crippen molar-refractivity contribution in [3.05, 3.63) is 48.5 Å². The van der Waals surface area contributed by atoms with Gasteiger partial charge in [0.15, 0.2) is 16.7 Å². The van der Waals surface area contributed by atoms with Crippen molar-refractivity contribution in [2.75, 3.05) is 19.0 Å². The fraction of sp³-hybridized carbons (Fsp3) is 0.333. The number of fused-ring (bicyclic) bond motifs is 1. The second kappa shape index (κ2) is 8.14. The monoisotopic (exact) mass is 398 g/mol. The Morgan fingerprint density at radius 3 is 2.71 bits per heavy atom. The SMILES string of the molecule is CCOc1ccc(N=C2SC[C@@H](C)N2C(=O)[C@H]2COc3ccccc3O2)cc1. The normalized spacial score (nSPS) is 22.4. The Morgan fingerprint density at radius 1 is 1.21 bits per heavy atom. The van der Waals surface area contributed by atoms with E-state index in [2.05, 4.69) is 4.99 Å². The Hall–Kier alpha value is -2.67. The maximum Gasteiger partial charge on any atom is 0.273 e. The Bertz CT molecular complexity index is 884. The van der Waals surface area contributed by atoms with Gasteiger partial charge >= 0.3 is 0 Å². The highest BCUT2D eigenvalue weighted by Gasteiger charge is 2.39. The highest BCUT2D eigenvalue weighted by molar-refractivity contribution is 8.14. The maximum atomic E-state index is 13.2. The summed E-state index contributed by atoms with van der Waals surface area (Å²) in [5, 5.41) is 0.684. The third-order valence-electron chi connectivity index (χ3n) is 4.49. The van der Waals surface area contributed by atoms with Gasteiger partial charge in [0, 0.05) is 11.8 Å². The molecule has 0 unspecified atom stereocenters. The van der Waals surface area contributed by atoms with Gasteiger partial charge in [0.2, 0.25) is 6.10 Å². The number of carbonyl (C=O) groups excluding carboxylic acids is 1. The highest BCUT2D eigenvalue weighted by Crippen LogP contribution is 2.33. The Morgan fingerprint density at radius 2 is 1.96 bits per heavy atom. The van der Waals surface area contributed by atoms with Gasteiger partial charge in [-0.3, -0.25) is 9.69 Å². The van der Waals surface area contributed by atoms with Crippen LogP contribution in [-0.2, 0) is 4.79 Å². The molecule has 1 amide bonds. The molecule has 2 heterocycles. The molecule has 0 bridgehead atoms. The summed E-state index contributed by atoms with van der Waals surface area (Å²) < 4.78 is 17.1. The van der Waals surface area contributed by atoms with Gasteiger partial charge in [0.25, 0.3) is 5.91 Å². The molecule has 2 aliphatic heterocycles. The predicted molar refractivity (Wildman–Crippen MR) is 110 cm³/mol. The van der Waals surface area contributed by atoms with Crippen LogP contribution in [0.3, 0.4) is 0 Å². The molecule has 2 atom stereocenters. The van der Waals surface area contributed by atoms with Crippen molar-refractivity contribution in [1.29, 1.82) is 0 Å². The van der Waals surface area contributed by atoms with Crippen LogP contribution in [0.5, 0.6) is 17.2 Å². The number of para-hydroxylation sites is 2. The lowest BCUT2D eigenvalue weighted by Gasteiger charge is -2.30. The second-order valence-corrected chi connectivity index (χ2v) is 7.54. The molecular weight excluding hydrogens is 376 g/mol. The van der Waals surface area contributed by atoms with Gasteiger partial charge in [-0.2, -0.15) is 0 Å². The zero-order valence-electron chi connectivity index (χ0n) is 15.8. The summed E-state index contributed by atoms with van der Waals surface area (Å²) in [6.07, 6.45) is -0.679. The average molecular weight is 398 g/mol. The van der Waals surface area contributed by atoms with E-state index in [0.29, 0.717) is 23.3 Å². The molecule has 6 nitrogen and oxygen atoms in total. The number of hydrogen-bond donors (Lipinski definition) is 0. The topological polar surface area (TPSA) is 60.4 Å². The van der Waals surface area contributed by atoms with Gasteiger partial charge in [-0.15, -0.1) is 0 Å². The number of aliphatic imine (C=N–C) groups is 1. The summed E-state index contributed by atoms with van der Waals surface area (Å²) in [5.41, 5.74) is 0.781. The molecule has 1 fully saturated rings. The molecule has 0 saturated carbocycles. The standard InChI is InChI=1S/C21H22N2O4S/c1-3-25-16-10-8-15(9-11-16)22-21-23(14(2)13-28-21)20(24)19-12-26-17-6-4-5-7-18(17)27-19/h4-11,14,19H,3,12-13H2,1-2H3/t14-,19-/m1/s1. The maximum absolute atomic E-state index is 13.2. The summed E-state index contributed by atoms with van der Waals surface area (Å²) >= 11 is 1.57. The van der Waals surface area contributed by atoms with Gasteiger partial charge in [0.05, 0.1) is 12.3 Å². The van der Waals surface area contributed by atoms with Gasteiger partial charge in [-0.25, -0.2) is 4.99 Å². The van der Waals surface area contributed by atoms with Gasteiger partial charge in [0.1, 0.15) is 12.4 Å². The van der Waals surface area contributed by atoms with Crippen molar-refractivity contribution >= 4 is 28.5 Å². The first-order valence-corrected chi connectivity index (χ1v) is 10.3. The number of hydrogen-bond acceptors (Lipinski definition) is 6. The summed E-state index contributed by atoms with van der Waals surface area (Å²) in [6, 6.07) is 15.0. The second-order valence-electron chi connectivity index (χ2n) is 6.55. The molecule has 28 heavy (non-hydrogen) atoms. The molecule has 0 spiro atoms. The zero-order chi connectivity index (χ0) is 19.5. The van der Waals surface area contributed by atoms with Crippen molar-refractivity contribution in [3.63, 3.8) is 0 Å². The molecule has 0 radical (unpaired) electrons. The molecule has 0 aliphatic carbocycles. The van der Waals surface area contributed by atoms with Crippen LogP contribution >= 0.6 is 11.8 Å². The molecule has 0 N–H and O–H groups in total. The van der Waals surface area contributed by atoms with Crippen LogP contribution < -0.4 is 14.2 Å². The summed E-state index contributed by atoms with van der Waals surface area (Å²) in [4.78, 5) is 19.6. The number of thioether (sulfide) groups is 1. The zero-order valence-corrected chi connectivity index (χ0v) is 16.6. The van der Waals surface area contributed by atoms with E-state index in [9.17, 15) is 4.79 Å². The lowest BCUT2D eigenvalue weighted by molar-refractivity contribution is -0.137. The fourth-order valence-corrected chi connectivity index (χ4v) is 4.23. The molecule has 7 heteroatoms. The first-order valence-electron chi connectivity index (χ1n) is 9.31. The van der Waals surface area contributed by atoms with E-state index in [1.807, 2.05) is 62.4 Å². The highest BCUT2D eigenvalue weighted by atomic mass is 32.2.